The Morgan fingerprint density at radius 2 is 1.49 bits per heavy atom. The first kappa shape index (κ1) is 24.6. The van der Waals surface area contributed by atoms with Gasteiger partial charge in [-0.3, -0.25) is 4.72 Å². The van der Waals surface area contributed by atoms with E-state index in [0.717, 1.165) is 5.69 Å². The number of anilines is 4. The van der Waals surface area contributed by atoms with E-state index < -0.39 is 10.0 Å². The summed E-state index contributed by atoms with van der Waals surface area (Å²) >= 11 is 0. The van der Waals surface area contributed by atoms with Crippen LogP contribution in [0.5, 0.6) is 11.5 Å². The average molecular weight is 522 g/mol. The van der Waals surface area contributed by atoms with E-state index in [-0.39, 0.29) is 16.5 Å². The molecule has 0 aliphatic carbocycles. The fraction of sp³-hybridized carbons (Fsp3) is 0.231. The molecule has 0 radical (unpaired) electrons. The summed E-state index contributed by atoms with van der Waals surface area (Å²) in [6, 6.07) is 19.3. The second-order valence-electron chi connectivity index (χ2n) is 8.34. The Bertz CT molecular complexity index is 1500. The molecule has 5 rings (SSSR count). The van der Waals surface area contributed by atoms with Crippen LogP contribution in [0.2, 0.25) is 0 Å². The number of benzene rings is 3. The van der Waals surface area contributed by atoms with E-state index in [4.69, 9.17) is 14.2 Å². The van der Waals surface area contributed by atoms with Gasteiger partial charge in [0.05, 0.1) is 43.4 Å². The molecule has 2 heterocycles. The zero-order chi connectivity index (χ0) is 25.8. The van der Waals surface area contributed by atoms with E-state index in [1.165, 1.54) is 0 Å². The van der Waals surface area contributed by atoms with Gasteiger partial charge in [0.25, 0.3) is 10.0 Å². The highest BCUT2D eigenvalue weighted by Crippen LogP contribution is 2.32. The lowest BCUT2D eigenvalue weighted by Gasteiger charge is -2.29. The highest BCUT2D eigenvalue weighted by Gasteiger charge is 2.21. The molecule has 10 nitrogen and oxygen atoms in total. The maximum atomic E-state index is 13.5. The molecular weight excluding hydrogens is 494 g/mol. The highest BCUT2D eigenvalue weighted by molar-refractivity contribution is 7.92. The second-order valence-corrected chi connectivity index (χ2v) is 10.0. The summed E-state index contributed by atoms with van der Waals surface area (Å²) in [4.78, 5) is 11.4. The van der Waals surface area contributed by atoms with Gasteiger partial charge in [0.2, 0.25) is 0 Å². The minimum Gasteiger partial charge on any atom is -0.497 e. The first-order valence-corrected chi connectivity index (χ1v) is 13.2. The Morgan fingerprint density at radius 1 is 0.838 bits per heavy atom. The number of morpholine rings is 1. The fourth-order valence-corrected chi connectivity index (χ4v) is 5.08. The van der Waals surface area contributed by atoms with Gasteiger partial charge < -0.3 is 24.4 Å². The fourth-order valence-electron chi connectivity index (χ4n) is 4.03. The van der Waals surface area contributed by atoms with Crippen molar-refractivity contribution in [2.75, 3.05) is 55.5 Å². The molecule has 37 heavy (non-hydrogen) atoms. The maximum absolute atomic E-state index is 13.5. The molecule has 192 valence electrons. The number of hydrogen-bond acceptors (Lipinski definition) is 9. The molecule has 1 aliphatic heterocycles. The van der Waals surface area contributed by atoms with Crippen molar-refractivity contribution in [2.24, 2.45) is 0 Å². The smallest absolute Gasteiger partial charge is 0.263 e. The molecule has 0 amide bonds. The summed E-state index contributed by atoms with van der Waals surface area (Å²) in [5, 5.41) is 3.17. The Labute approximate surface area is 215 Å². The molecule has 11 heteroatoms. The van der Waals surface area contributed by atoms with Crippen molar-refractivity contribution in [1.82, 2.24) is 9.97 Å². The van der Waals surface area contributed by atoms with Crippen LogP contribution in [0.3, 0.4) is 0 Å². The number of hydrogen-bond donors (Lipinski definition) is 2. The van der Waals surface area contributed by atoms with Gasteiger partial charge in [0.15, 0.2) is 11.6 Å². The molecule has 4 aromatic rings. The average Bonchev–Trinajstić information content (AvgIpc) is 2.93. The van der Waals surface area contributed by atoms with Crippen molar-refractivity contribution in [1.29, 1.82) is 0 Å². The topological polar surface area (TPSA) is 115 Å². The van der Waals surface area contributed by atoms with Crippen LogP contribution in [-0.4, -0.2) is 58.9 Å². The van der Waals surface area contributed by atoms with E-state index in [9.17, 15) is 8.42 Å². The van der Waals surface area contributed by atoms with Gasteiger partial charge in [-0.15, -0.1) is 0 Å². The van der Waals surface area contributed by atoms with Gasteiger partial charge in [-0.1, -0.05) is 18.2 Å². The van der Waals surface area contributed by atoms with Gasteiger partial charge in [-0.2, -0.15) is 0 Å². The lowest BCUT2D eigenvalue weighted by molar-refractivity contribution is 0.122. The summed E-state index contributed by atoms with van der Waals surface area (Å²) in [7, 11) is -0.874. The van der Waals surface area contributed by atoms with Gasteiger partial charge in [0.1, 0.15) is 11.5 Å². The van der Waals surface area contributed by atoms with Crippen molar-refractivity contribution in [2.45, 2.75) is 4.90 Å². The molecule has 0 saturated carbocycles. The Balaban J connectivity index is 1.51. The molecule has 1 saturated heterocycles. The summed E-state index contributed by atoms with van der Waals surface area (Å²) in [6.45, 7) is 2.61. The molecule has 0 spiro atoms. The van der Waals surface area contributed by atoms with Crippen molar-refractivity contribution in [3.05, 3.63) is 66.7 Å². The first-order chi connectivity index (χ1) is 17.9. The summed E-state index contributed by atoms with van der Waals surface area (Å²) in [5.41, 5.74) is 2.57. The Morgan fingerprint density at radius 3 is 2.14 bits per heavy atom. The molecule has 1 aliphatic rings. The third kappa shape index (κ3) is 5.52. The number of sulfonamides is 1. The molecule has 3 aromatic carbocycles. The van der Waals surface area contributed by atoms with Gasteiger partial charge in [-0.25, -0.2) is 18.4 Å². The van der Waals surface area contributed by atoms with Crippen molar-refractivity contribution < 1.29 is 22.6 Å². The third-order valence-electron chi connectivity index (χ3n) is 5.92. The molecule has 1 aromatic heterocycles. The van der Waals surface area contributed by atoms with Gasteiger partial charge in [0, 0.05) is 42.7 Å². The third-order valence-corrected chi connectivity index (χ3v) is 7.26. The Hall–Kier alpha value is -4.09. The monoisotopic (exact) mass is 521 g/mol. The van der Waals surface area contributed by atoms with Crippen LogP contribution in [0.15, 0.2) is 71.6 Å². The highest BCUT2D eigenvalue weighted by atomic mass is 32.2. The minimum atomic E-state index is -3.98. The van der Waals surface area contributed by atoms with Gasteiger partial charge >= 0.3 is 0 Å². The van der Waals surface area contributed by atoms with Gasteiger partial charge in [-0.05, 0) is 30.3 Å². The second kappa shape index (κ2) is 10.5. The standard InChI is InChI=1S/C26H27N5O5S/c1-34-20-14-18(15-21(17-20)35-2)27-25-26(29-24-9-4-3-8-23(24)28-25)30-37(32,33)22-7-5-6-19(16-22)31-10-12-36-13-11-31/h3-9,14-17H,10-13H2,1-2H3,(H,27,28)(H,29,30). The summed E-state index contributed by atoms with van der Waals surface area (Å²) in [6.07, 6.45) is 0. The van der Waals surface area contributed by atoms with Crippen LogP contribution < -0.4 is 24.4 Å². The number of nitrogens with one attached hydrogen (secondary N) is 2. The molecule has 0 atom stereocenters. The molecule has 1 fully saturated rings. The first-order valence-electron chi connectivity index (χ1n) is 11.7. The number of nitrogens with zero attached hydrogens (tertiary/aromatic N) is 3. The SMILES string of the molecule is COc1cc(Nc2nc3ccccc3nc2NS(=O)(=O)c2cccc(N3CCOCC3)c2)cc(OC)c1. The number of aromatic nitrogens is 2. The van der Waals surface area contributed by atoms with Crippen molar-refractivity contribution in [3.63, 3.8) is 0 Å². The lowest BCUT2D eigenvalue weighted by Crippen LogP contribution is -2.36. The number of rotatable bonds is 8. The molecule has 0 unspecified atom stereocenters. The van der Waals surface area contributed by atoms with Crippen molar-refractivity contribution >= 4 is 44.1 Å². The van der Waals surface area contributed by atoms with E-state index >= 15 is 0 Å². The zero-order valence-electron chi connectivity index (χ0n) is 20.5. The van der Waals surface area contributed by atoms with Crippen LogP contribution >= 0.6 is 0 Å². The van der Waals surface area contributed by atoms with Crippen LogP contribution in [-0.2, 0) is 14.8 Å². The minimum absolute atomic E-state index is 0.0669. The van der Waals surface area contributed by atoms with Crippen LogP contribution in [0.1, 0.15) is 0 Å². The molecule has 2 N–H and O–H groups in total. The number of para-hydroxylation sites is 2. The zero-order valence-corrected chi connectivity index (χ0v) is 21.3. The van der Waals surface area contributed by atoms with E-state index in [1.807, 2.05) is 24.3 Å². The Kier molecular flexibility index (Phi) is 6.97. The van der Waals surface area contributed by atoms with E-state index in [0.29, 0.717) is 54.5 Å². The summed E-state index contributed by atoms with van der Waals surface area (Å²) in [5.74, 6) is 1.44. The van der Waals surface area contributed by atoms with E-state index in [2.05, 4.69) is 24.9 Å². The normalized spacial score (nSPS) is 13.8. The largest absolute Gasteiger partial charge is 0.497 e. The van der Waals surface area contributed by atoms with Crippen LogP contribution in [0.4, 0.5) is 23.0 Å². The quantitative estimate of drug-likeness (QED) is 0.355. The molecular formula is C26H27N5O5S. The number of methoxy groups -OCH3 is 2. The molecule has 0 bridgehead atoms. The lowest BCUT2D eigenvalue weighted by atomic mass is 10.2. The maximum Gasteiger partial charge on any atom is 0.263 e. The predicted molar refractivity (Wildman–Crippen MR) is 143 cm³/mol. The van der Waals surface area contributed by atoms with Crippen LogP contribution in [0.25, 0.3) is 11.0 Å². The van der Waals surface area contributed by atoms with Crippen molar-refractivity contribution in [3.8, 4) is 11.5 Å². The number of ether oxygens (including phenoxy) is 3. The predicted octanol–water partition coefficient (Wildman–Crippen LogP) is 4.03. The number of fused-ring (bicyclic) bond motifs is 1. The van der Waals surface area contributed by atoms with Crippen LogP contribution in [0, 0.1) is 0 Å². The summed E-state index contributed by atoms with van der Waals surface area (Å²) < 4.78 is 45.7. The van der Waals surface area contributed by atoms with E-state index in [1.54, 1.807) is 56.7 Å².